The Morgan fingerprint density at radius 3 is 3.00 bits per heavy atom. The first-order valence-electron chi connectivity index (χ1n) is 5.82. The van der Waals surface area contributed by atoms with Crippen molar-refractivity contribution in [1.82, 2.24) is 9.55 Å². The number of rotatable bonds is 5. The average molecular weight is 263 g/mol. The quantitative estimate of drug-likeness (QED) is 0.868. The Hall–Kier alpha value is -2.37. The first kappa shape index (κ1) is 13.1. The Bertz CT molecular complexity index is 569. The zero-order valence-corrected chi connectivity index (χ0v) is 10.4. The molecule has 0 spiro atoms. The highest BCUT2D eigenvalue weighted by molar-refractivity contribution is 5.94. The lowest BCUT2D eigenvalue weighted by molar-refractivity contribution is 0.0697. The molecule has 0 fully saturated rings. The Kier molecular flexibility index (Phi) is 3.79. The van der Waals surface area contributed by atoms with Crippen LogP contribution in [0.25, 0.3) is 0 Å². The minimum atomic E-state index is -1.16. The standard InChI is InChI=1S/C13H14FN3O2/c1-9(7-17-6-5-15-8-17)16-12-10(13(18)19)3-2-4-11(12)14/h2-6,8-9,16H,7H2,1H3,(H,18,19). The average Bonchev–Trinajstić information content (AvgIpc) is 2.84. The highest BCUT2D eigenvalue weighted by Crippen LogP contribution is 2.21. The van der Waals surface area contributed by atoms with E-state index in [2.05, 4.69) is 10.3 Å². The lowest BCUT2D eigenvalue weighted by Crippen LogP contribution is -2.23. The van der Waals surface area contributed by atoms with Crippen molar-refractivity contribution in [2.24, 2.45) is 0 Å². The van der Waals surface area contributed by atoms with Crippen molar-refractivity contribution in [2.45, 2.75) is 19.5 Å². The number of imidazole rings is 1. The second kappa shape index (κ2) is 5.51. The van der Waals surface area contributed by atoms with Gasteiger partial charge in [0.15, 0.2) is 0 Å². The van der Waals surface area contributed by atoms with Crippen LogP contribution in [0, 0.1) is 5.82 Å². The maximum atomic E-state index is 13.7. The number of hydrogen-bond donors (Lipinski definition) is 2. The highest BCUT2D eigenvalue weighted by atomic mass is 19.1. The lowest BCUT2D eigenvalue weighted by atomic mass is 10.1. The van der Waals surface area contributed by atoms with Crippen molar-refractivity contribution in [2.75, 3.05) is 5.32 Å². The van der Waals surface area contributed by atoms with Gasteiger partial charge in [0.25, 0.3) is 0 Å². The molecule has 0 radical (unpaired) electrons. The summed E-state index contributed by atoms with van der Waals surface area (Å²) in [6.07, 6.45) is 5.09. The first-order valence-corrected chi connectivity index (χ1v) is 5.82. The van der Waals surface area contributed by atoms with Crippen LogP contribution in [-0.2, 0) is 6.54 Å². The van der Waals surface area contributed by atoms with Gasteiger partial charge in [-0.3, -0.25) is 0 Å². The number of anilines is 1. The number of aromatic carboxylic acids is 1. The van der Waals surface area contributed by atoms with Crippen LogP contribution in [0.4, 0.5) is 10.1 Å². The van der Waals surface area contributed by atoms with Crippen LogP contribution < -0.4 is 5.32 Å². The van der Waals surface area contributed by atoms with Crippen molar-refractivity contribution in [3.05, 3.63) is 48.3 Å². The highest BCUT2D eigenvalue weighted by Gasteiger charge is 2.16. The van der Waals surface area contributed by atoms with Gasteiger partial charge in [-0.2, -0.15) is 0 Å². The molecule has 0 saturated carbocycles. The van der Waals surface area contributed by atoms with Gasteiger partial charge in [0, 0.05) is 25.0 Å². The number of nitrogens with one attached hydrogen (secondary N) is 1. The summed E-state index contributed by atoms with van der Waals surface area (Å²) in [5, 5.41) is 11.9. The van der Waals surface area contributed by atoms with Gasteiger partial charge in [-0.1, -0.05) is 6.07 Å². The van der Waals surface area contributed by atoms with E-state index in [9.17, 15) is 9.18 Å². The Labute approximate surface area is 109 Å². The Morgan fingerprint density at radius 1 is 1.58 bits per heavy atom. The van der Waals surface area contributed by atoms with Crippen LogP contribution in [0.2, 0.25) is 0 Å². The van der Waals surface area contributed by atoms with E-state index in [1.807, 2.05) is 11.5 Å². The fourth-order valence-corrected chi connectivity index (χ4v) is 1.85. The molecular formula is C13H14FN3O2. The van der Waals surface area contributed by atoms with E-state index in [-0.39, 0.29) is 17.3 Å². The number of para-hydroxylation sites is 1. The SMILES string of the molecule is CC(Cn1ccnc1)Nc1c(F)cccc1C(=O)O. The van der Waals surface area contributed by atoms with Gasteiger partial charge in [-0.25, -0.2) is 14.2 Å². The second-order valence-electron chi connectivity index (χ2n) is 4.27. The fraction of sp³-hybridized carbons (Fsp3) is 0.231. The smallest absolute Gasteiger partial charge is 0.337 e. The number of halogens is 1. The molecule has 100 valence electrons. The van der Waals surface area contributed by atoms with Gasteiger partial charge in [0.2, 0.25) is 0 Å². The molecule has 1 aromatic heterocycles. The van der Waals surface area contributed by atoms with Crippen molar-refractivity contribution in [1.29, 1.82) is 0 Å². The molecule has 1 aromatic carbocycles. The summed E-state index contributed by atoms with van der Waals surface area (Å²) >= 11 is 0. The van der Waals surface area contributed by atoms with Gasteiger partial charge in [-0.05, 0) is 19.1 Å². The predicted octanol–water partition coefficient (Wildman–Crippen LogP) is 2.22. The minimum Gasteiger partial charge on any atom is -0.478 e. The van der Waals surface area contributed by atoms with Crippen molar-refractivity contribution >= 4 is 11.7 Å². The normalized spacial score (nSPS) is 12.1. The van der Waals surface area contributed by atoms with Crippen LogP contribution in [0.15, 0.2) is 36.9 Å². The molecule has 0 aliphatic rings. The molecule has 0 bridgehead atoms. The maximum absolute atomic E-state index is 13.7. The molecule has 19 heavy (non-hydrogen) atoms. The number of nitrogens with zero attached hydrogens (tertiary/aromatic N) is 2. The largest absolute Gasteiger partial charge is 0.478 e. The number of hydrogen-bond acceptors (Lipinski definition) is 3. The lowest BCUT2D eigenvalue weighted by Gasteiger charge is -2.17. The van der Waals surface area contributed by atoms with E-state index < -0.39 is 11.8 Å². The summed E-state index contributed by atoms with van der Waals surface area (Å²) in [5.74, 6) is -1.73. The molecule has 6 heteroatoms. The molecule has 0 aliphatic carbocycles. The molecule has 1 atom stereocenters. The van der Waals surface area contributed by atoms with Crippen LogP contribution in [0.1, 0.15) is 17.3 Å². The zero-order chi connectivity index (χ0) is 13.8. The first-order chi connectivity index (χ1) is 9.08. The third-order valence-corrected chi connectivity index (χ3v) is 2.68. The van der Waals surface area contributed by atoms with E-state index in [0.717, 1.165) is 0 Å². The number of carbonyl (C=O) groups is 1. The molecule has 2 rings (SSSR count). The Balaban J connectivity index is 2.16. The summed E-state index contributed by atoms with van der Waals surface area (Å²) in [6.45, 7) is 2.41. The van der Waals surface area contributed by atoms with Crippen molar-refractivity contribution in [3.8, 4) is 0 Å². The van der Waals surface area contributed by atoms with E-state index in [1.165, 1.54) is 18.2 Å². The minimum absolute atomic E-state index is 0.0163. The van der Waals surface area contributed by atoms with Gasteiger partial charge in [-0.15, -0.1) is 0 Å². The molecular weight excluding hydrogens is 249 g/mol. The summed E-state index contributed by atoms with van der Waals surface area (Å²) in [7, 11) is 0. The van der Waals surface area contributed by atoms with Crippen molar-refractivity contribution < 1.29 is 14.3 Å². The van der Waals surface area contributed by atoms with E-state index in [0.29, 0.717) is 6.54 Å². The van der Waals surface area contributed by atoms with E-state index in [1.54, 1.807) is 18.7 Å². The topological polar surface area (TPSA) is 67.2 Å². The van der Waals surface area contributed by atoms with Gasteiger partial charge in [0.1, 0.15) is 5.82 Å². The summed E-state index contributed by atoms with van der Waals surface area (Å²) in [6, 6.07) is 3.85. The summed E-state index contributed by atoms with van der Waals surface area (Å²) in [4.78, 5) is 15.0. The summed E-state index contributed by atoms with van der Waals surface area (Å²) < 4.78 is 15.5. The molecule has 1 unspecified atom stereocenters. The predicted molar refractivity (Wildman–Crippen MR) is 68.7 cm³/mol. The molecule has 2 N–H and O–H groups in total. The van der Waals surface area contributed by atoms with E-state index >= 15 is 0 Å². The van der Waals surface area contributed by atoms with Crippen molar-refractivity contribution in [3.63, 3.8) is 0 Å². The van der Waals surface area contributed by atoms with Crippen LogP contribution in [0.5, 0.6) is 0 Å². The maximum Gasteiger partial charge on any atom is 0.337 e. The molecule has 1 heterocycles. The number of benzene rings is 1. The second-order valence-corrected chi connectivity index (χ2v) is 4.27. The summed E-state index contributed by atoms with van der Waals surface area (Å²) in [5.41, 5.74) is -0.0555. The van der Waals surface area contributed by atoms with Gasteiger partial charge >= 0.3 is 5.97 Å². The Morgan fingerprint density at radius 2 is 2.37 bits per heavy atom. The zero-order valence-electron chi connectivity index (χ0n) is 10.4. The molecule has 5 nitrogen and oxygen atoms in total. The molecule has 2 aromatic rings. The van der Waals surface area contributed by atoms with Gasteiger partial charge < -0.3 is 15.0 Å². The number of carboxylic acids is 1. The third kappa shape index (κ3) is 3.09. The van der Waals surface area contributed by atoms with Crippen LogP contribution in [0.3, 0.4) is 0 Å². The van der Waals surface area contributed by atoms with Crippen LogP contribution in [-0.4, -0.2) is 26.7 Å². The fourth-order valence-electron chi connectivity index (χ4n) is 1.85. The molecule has 0 saturated heterocycles. The van der Waals surface area contributed by atoms with E-state index in [4.69, 9.17) is 5.11 Å². The third-order valence-electron chi connectivity index (χ3n) is 2.68. The van der Waals surface area contributed by atoms with Gasteiger partial charge in [0.05, 0.1) is 17.6 Å². The number of carboxylic acid groups (broad SMARTS) is 1. The monoisotopic (exact) mass is 263 g/mol. The molecule has 0 aliphatic heterocycles. The number of aromatic nitrogens is 2. The molecule has 0 amide bonds. The van der Waals surface area contributed by atoms with Crippen LogP contribution >= 0.6 is 0 Å².